The monoisotopic (exact) mass is 468 g/mol. The van der Waals surface area contributed by atoms with E-state index in [-0.39, 0.29) is 45.1 Å². The van der Waals surface area contributed by atoms with Gasteiger partial charge in [-0.3, -0.25) is 14.5 Å². The van der Waals surface area contributed by atoms with Crippen molar-refractivity contribution in [1.29, 1.82) is 0 Å². The van der Waals surface area contributed by atoms with Gasteiger partial charge in [0.25, 0.3) is 0 Å². The third-order valence-corrected chi connectivity index (χ3v) is 9.43. The average Bonchev–Trinajstić information content (AvgIpc) is 3.22. The molecule has 134 valence electrons. The van der Waals surface area contributed by atoms with Gasteiger partial charge in [-0.05, 0) is 56.4 Å². The lowest BCUT2D eigenvalue weighted by Crippen LogP contribution is -2.37. The second-order valence-electron chi connectivity index (χ2n) is 7.20. The van der Waals surface area contributed by atoms with Crippen LogP contribution < -0.4 is 9.80 Å². The molecule has 6 atom stereocenters. The van der Waals surface area contributed by atoms with Crippen LogP contribution in [0.1, 0.15) is 20.3 Å². The van der Waals surface area contributed by atoms with Crippen molar-refractivity contribution in [2.75, 3.05) is 22.9 Å². The fourth-order valence-electron chi connectivity index (χ4n) is 5.00. The predicted octanol–water partition coefficient (Wildman–Crippen LogP) is 3.82. The van der Waals surface area contributed by atoms with Crippen LogP contribution in [0.3, 0.4) is 0 Å². The molecule has 2 amide bonds. The molecule has 0 radical (unpaired) electrons. The first kappa shape index (κ1) is 17.5. The van der Waals surface area contributed by atoms with Gasteiger partial charge in [0.15, 0.2) is 0 Å². The third kappa shape index (κ3) is 2.43. The number of anilines is 2. The van der Waals surface area contributed by atoms with E-state index < -0.39 is 0 Å². The van der Waals surface area contributed by atoms with Crippen LogP contribution in [0.5, 0.6) is 0 Å². The molecule has 1 heterocycles. The highest BCUT2D eigenvalue weighted by Crippen LogP contribution is 2.60. The summed E-state index contributed by atoms with van der Waals surface area (Å²) in [6.07, 6.45) is 0.966. The van der Waals surface area contributed by atoms with Gasteiger partial charge in [-0.2, -0.15) is 0 Å². The van der Waals surface area contributed by atoms with Gasteiger partial charge in [0.05, 0.1) is 17.5 Å². The van der Waals surface area contributed by atoms with Crippen molar-refractivity contribution in [1.82, 2.24) is 0 Å². The molecule has 4 rings (SSSR count). The van der Waals surface area contributed by atoms with Crippen LogP contribution >= 0.6 is 31.9 Å². The molecule has 6 heteroatoms. The van der Waals surface area contributed by atoms with Crippen molar-refractivity contribution < 1.29 is 9.59 Å². The van der Waals surface area contributed by atoms with Gasteiger partial charge in [0, 0.05) is 28.4 Å². The topological polar surface area (TPSA) is 40.6 Å². The fraction of sp³-hybridized carbons (Fsp3) is 0.579. The smallest absolute Gasteiger partial charge is 0.238 e. The molecular formula is C19H22Br2N2O2. The van der Waals surface area contributed by atoms with E-state index in [2.05, 4.69) is 50.6 Å². The molecular weight excluding hydrogens is 448 g/mol. The van der Waals surface area contributed by atoms with E-state index in [0.29, 0.717) is 5.69 Å². The molecule has 2 bridgehead atoms. The molecule has 25 heavy (non-hydrogen) atoms. The van der Waals surface area contributed by atoms with Crippen LogP contribution in [0.25, 0.3) is 0 Å². The Labute approximate surface area is 165 Å². The molecule has 6 unspecified atom stereocenters. The number of nitrogens with zero attached hydrogens (tertiary/aromatic N) is 2. The number of amides is 2. The van der Waals surface area contributed by atoms with Crippen LogP contribution in [-0.4, -0.2) is 34.6 Å². The molecule has 2 saturated carbocycles. The summed E-state index contributed by atoms with van der Waals surface area (Å²) in [4.78, 5) is 30.3. The second-order valence-corrected chi connectivity index (χ2v) is 9.32. The molecule has 1 aromatic rings. The van der Waals surface area contributed by atoms with Crippen LogP contribution in [0.2, 0.25) is 0 Å². The summed E-state index contributed by atoms with van der Waals surface area (Å²) in [5.41, 5.74) is 1.83. The summed E-state index contributed by atoms with van der Waals surface area (Å²) in [7, 11) is 0. The van der Waals surface area contributed by atoms with Crippen molar-refractivity contribution in [2.45, 2.75) is 29.9 Å². The number of hydrogen-bond donors (Lipinski definition) is 0. The molecule has 4 nitrogen and oxygen atoms in total. The van der Waals surface area contributed by atoms with Crippen LogP contribution in [0, 0.1) is 23.7 Å². The first-order valence-electron chi connectivity index (χ1n) is 9.00. The molecule has 1 aromatic carbocycles. The molecule has 3 fully saturated rings. The second kappa shape index (κ2) is 6.38. The zero-order valence-electron chi connectivity index (χ0n) is 14.4. The maximum absolute atomic E-state index is 13.0. The lowest BCUT2D eigenvalue weighted by Gasteiger charge is -2.28. The summed E-state index contributed by atoms with van der Waals surface area (Å²) in [6, 6.07) is 7.83. The Morgan fingerprint density at radius 1 is 0.960 bits per heavy atom. The highest BCUT2D eigenvalue weighted by molar-refractivity contribution is 9.12. The Balaban J connectivity index is 1.62. The third-order valence-electron chi connectivity index (χ3n) is 6.22. The Morgan fingerprint density at radius 2 is 1.44 bits per heavy atom. The summed E-state index contributed by atoms with van der Waals surface area (Å²) in [6.45, 7) is 6.11. The van der Waals surface area contributed by atoms with E-state index in [1.807, 2.05) is 24.3 Å². The van der Waals surface area contributed by atoms with Crippen molar-refractivity contribution in [3.8, 4) is 0 Å². The minimum absolute atomic E-state index is 0.0121. The number of carbonyl (C=O) groups excluding carboxylic acids is 2. The van der Waals surface area contributed by atoms with E-state index in [1.54, 1.807) is 0 Å². The fourth-order valence-corrected chi connectivity index (χ4v) is 6.88. The zero-order valence-corrected chi connectivity index (χ0v) is 17.5. The number of hydrogen-bond acceptors (Lipinski definition) is 3. The zero-order chi connectivity index (χ0) is 17.9. The maximum Gasteiger partial charge on any atom is 0.238 e. The van der Waals surface area contributed by atoms with Crippen molar-refractivity contribution >= 4 is 55.0 Å². The van der Waals surface area contributed by atoms with E-state index in [4.69, 9.17) is 0 Å². The SMILES string of the molecule is CCN(CC)c1ccc(N2C(=O)C3C4CC(C(Br)C4Br)C3C2=O)cc1. The molecule has 0 N–H and O–H groups in total. The number of halogens is 2. The van der Waals surface area contributed by atoms with Crippen molar-refractivity contribution in [3.05, 3.63) is 24.3 Å². The Hall–Kier alpha value is -0.880. The number of rotatable bonds is 4. The van der Waals surface area contributed by atoms with Gasteiger partial charge < -0.3 is 4.90 Å². The normalized spacial score (nSPS) is 36.2. The van der Waals surface area contributed by atoms with E-state index in [9.17, 15) is 9.59 Å². The van der Waals surface area contributed by atoms with Gasteiger partial charge in [0.1, 0.15) is 0 Å². The van der Waals surface area contributed by atoms with Crippen molar-refractivity contribution in [2.24, 2.45) is 23.7 Å². The Morgan fingerprint density at radius 3 is 1.88 bits per heavy atom. The first-order chi connectivity index (χ1) is 12.0. The summed E-state index contributed by atoms with van der Waals surface area (Å²) in [5, 5.41) is 0. The van der Waals surface area contributed by atoms with Crippen LogP contribution in [0.4, 0.5) is 11.4 Å². The molecule has 1 aliphatic heterocycles. The highest BCUT2D eigenvalue weighted by atomic mass is 79.9. The lowest BCUT2D eigenvalue weighted by atomic mass is 9.81. The van der Waals surface area contributed by atoms with Gasteiger partial charge in [-0.25, -0.2) is 0 Å². The van der Waals surface area contributed by atoms with Gasteiger partial charge in [0.2, 0.25) is 11.8 Å². The number of imide groups is 1. The number of alkyl halides is 2. The molecule has 3 aliphatic rings. The van der Waals surface area contributed by atoms with E-state index in [1.165, 1.54) is 4.90 Å². The quantitative estimate of drug-likeness (QED) is 0.497. The van der Waals surface area contributed by atoms with Crippen molar-refractivity contribution in [3.63, 3.8) is 0 Å². The minimum atomic E-state index is -0.155. The first-order valence-corrected chi connectivity index (χ1v) is 10.8. The Kier molecular flexibility index (Phi) is 4.47. The molecule has 0 aromatic heterocycles. The minimum Gasteiger partial charge on any atom is -0.372 e. The van der Waals surface area contributed by atoms with Crippen LogP contribution in [-0.2, 0) is 9.59 Å². The molecule has 1 saturated heterocycles. The van der Waals surface area contributed by atoms with Gasteiger partial charge in [-0.15, -0.1) is 0 Å². The maximum atomic E-state index is 13.0. The number of benzene rings is 1. The average molecular weight is 470 g/mol. The summed E-state index contributed by atoms with van der Waals surface area (Å²) >= 11 is 7.46. The van der Waals surface area contributed by atoms with Gasteiger partial charge >= 0.3 is 0 Å². The van der Waals surface area contributed by atoms with Gasteiger partial charge in [-0.1, -0.05) is 31.9 Å². The standard InChI is InChI=1S/C19H22Br2N2O2/c1-3-22(4-2)10-5-7-11(8-6-10)23-18(24)14-12-9-13(15(14)19(23)25)17(21)16(12)20/h5-8,12-17H,3-4,9H2,1-2H3. The Bertz CT molecular complexity index is 672. The number of carbonyl (C=O) groups is 2. The largest absolute Gasteiger partial charge is 0.372 e. The molecule has 2 aliphatic carbocycles. The van der Waals surface area contributed by atoms with E-state index >= 15 is 0 Å². The van der Waals surface area contributed by atoms with Crippen LogP contribution in [0.15, 0.2) is 24.3 Å². The predicted molar refractivity (Wildman–Crippen MR) is 107 cm³/mol. The number of fused-ring (bicyclic) bond motifs is 5. The highest BCUT2D eigenvalue weighted by Gasteiger charge is 2.66. The van der Waals surface area contributed by atoms with E-state index in [0.717, 1.165) is 25.2 Å². The summed E-state index contributed by atoms with van der Waals surface area (Å²) < 4.78 is 0. The lowest BCUT2D eigenvalue weighted by molar-refractivity contribution is -0.123. The summed E-state index contributed by atoms with van der Waals surface area (Å²) in [5.74, 6) is 0.187. The molecule has 0 spiro atoms.